The Morgan fingerprint density at radius 1 is 1.47 bits per heavy atom. The van der Waals surface area contributed by atoms with E-state index in [4.69, 9.17) is 5.11 Å². The number of hydrogen-bond acceptors (Lipinski definition) is 2. The highest BCUT2D eigenvalue weighted by molar-refractivity contribution is 5.80. The summed E-state index contributed by atoms with van der Waals surface area (Å²) in [4.78, 5) is 24.3. The van der Waals surface area contributed by atoms with E-state index >= 15 is 0 Å². The van der Waals surface area contributed by atoms with Gasteiger partial charge in [0.1, 0.15) is 0 Å². The molecule has 4 heteroatoms. The summed E-state index contributed by atoms with van der Waals surface area (Å²) >= 11 is 0. The van der Waals surface area contributed by atoms with Crippen molar-refractivity contribution in [2.75, 3.05) is 13.1 Å². The van der Waals surface area contributed by atoms with E-state index in [0.29, 0.717) is 25.9 Å². The van der Waals surface area contributed by atoms with E-state index in [1.807, 2.05) is 6.92 Å². The molecular formula is C11H19NO3. The Bertz CT molecular complexity index is 265. The maximum atomic E-state index is 11.6. The van der Waals surface area contributed by atoms with Gasteiger partial charge in [-0.1, -0.05) is 13.3 Å². The highest BCUT2D eigenvalue weighted by Gasteiger charge is 2.41. The first-order chi connectivity index (χ1) is 6.99. The fourth-order valence-electron chi connectivity index (χ4n) is 1.83. The molecule has 0 spiro atoms. The predicted molar refractivity (Wildman–Crippen MR) is 56.5 cm³/mol. The van der Waals surface area contributed by atoms with Gasteiger partial charge in [0.2, 0.25) is 5.91 Å². The number of nitrogens with zero attached hydrogens (tertiary/aromatic N) is 1. The highest BCUT2D eigenvalue weighted by atomic mass is 16.4. The molecule has 0 aliphatic carbocycles. The largest absolute Gasteiger partial charge is 0.481 e. The molecule has 1 rings (SSSR count). The van der Waals surface area contributed by atoms with Crippen LogP contribution in [0.1, 0.15) is 39.5 Å². The Balaban J connectivity index is 2.49. The summed E-state index contributed by atoms with van der Waals surface area (Å²) in [6, 6.07) is 0. The molecule has 4 nitrogen and oxygen atoms in total. The van der Waals surface area contributed by atoms with Crippen LogP contribution in [0.15, 0.2) is 0 Å². The SMILES string of the molecule is CCCCC(=O)N1CCC(C)(C(=O)O)C1. The topological polar surface area (TPSA) is 57.6 Å². The van der Waals surface area contributed by atoms with Gasteiger partial charge in [-0.2, -0.15) is 0 Å². The van der Waals surface area contributed by atoms with Crippen molar-refractivity contribution in [1.82, 2.24) is 4.90 Å². The first kappa shape index (κ1) is 12.0. The van der Waals surface area contributed by atoms with Gasteiger partial charge >= 0.3 is 5.97 Å². The van der Waals surface area contributed by atoms with Crippen molar-refractivity contribution in [2.45, 2.75) is 39.5 Å². The number of unbranched alkanes of at least 4 members (excludes halogenated alkanes) is 1. The second-order valence-electron chi connectivity index (χ2n) is 4.53. The Morgan fingerprint density at radius 2 is 2.13 bits per heavy atom. The lowest BCUT2D eigenvalue weighted by atomic mass is 9.90. The van der Waals surface area contributed by atoms with Gasteiger partial charge in [-0.3, -0.25) is 9.59 Å². The molecule has 0 radical (unpaired) electrons. The summed E-state index contributed by atoms with van der Waals surface area (Å²) < 4.78 is 0. The number of carboxylic acids is 1. The van der Waals surface area contributed by atoms with Crippen molar-refractivity contribution < 1.29 is 14.7 Å². The lowest BCUT2D eigenvalue weighted by Gasteiger charge is -2.20. The second kappa shape index (κ2) is 4.64. The van der Waals surface area contributed by atoms with E-state index in [1.54, 1.807) is 11.8 Å². The van der Waals surface area contributed by atoms with Crippen molar-refractivity contribution in [3.05, 3.63) is 0 Å². The first-order valence-corrected chi connectivity index (χ1v) is 5.51. The third kappa shape index (κ3) is 2.70. The minimum Gasteiger partial charge on any atom is -0.481 e. The van der Waals surface area contributed by atoms with Crippen molar-refractivity contribution in [2.24, 2.45) is 5.41 Å². The molecule has 1 amide bonds. The zero-order chi connectivity index (χ0) is 11.5. The molecule has 0 aromatic carbocycles. The third-order valence-corrected chi connectivity index (χ3v) is 3.09. The second-order valence-corrected chi connectivity index (χ2v) is 4.53. The van der Waals surface area contributed by atoms with Gasteiger partial charge in [0.25, 0.3) is 0 Å². The van der Waals surface area contributed by atoms with E-state index in [-0.39, 0.29) is 5.91 Å². The average molecular weight is 213 g/mol. The zero-order valence-corrected chi connectivity index (χ0v) is 9.45. The van der Waals surface area contributed by atoms with Gasteiger partial charge in [-0.15, -0.1) is 0 Å². The van der Waals surface area contributed by atoms with Crippen LogP contribution in [0.5, 0.6) is 0 Å². The fraction of sp³-hybridized carbons (Fsp3) is 0.818. The van der Waals surface area contributed by atoms with E-state index in [0.717, 1.165) is 12.8 Å². The monoisotopic (exact) mass is 213 g/mol. The molecule has 1 unspecified atom stereocenters. The molecule has 86 valence electrons. The van der Waals surface area contributed by atoms with Crippen LogP contribution >= 0.6 is 0 Å². The van der Waals surface area contributed by atoms with Crippen LogP contribution in [0.3, 0.4) is 0 Å². The Morgan fingerprint density at radius 3 is 2.60 bits per heavy atom. The lowest BCUT2D eigenvalue weighted by Crippen LogP contribution is -2.34. The van der Waals surface area contributed by atoms with Gasteiger partial charge in [-0.05, 0) is 19.8 Å². The van der Waals surface area contributed by atoms with Gasteiger partial charge in [0.15, 0.2) is 0 Å². The molecule has 0 aromatic heterocycles. The summed E-state index contributed by atoms with van der Waals surface area (Å²) in [7, 11) is 0. The van der Waals surface area contributed by atoms with Crippen LogP contribution < -0.4 is 0 Å². The highest BCUT2D eigenvalue weighted by Crippen LogP contribution is 2.30. The lowest BCUT2D eigenvalue weighted by molar-refractivity contribution is -0.147. The molecule has 0 bridgehead atoms. The number of hydrogen-bond donors (Lipinski definition) is 1. The summed E-state index contributed by atoms with van der Waals surface area (Å²) in [5.74, 6) is -0.699. The van der Waals surface area contributed by atoms with Crippen molar-refractivity contribution in [1.29, 1.82) is 0 Å². The van der Waals surface area contributed by atoms with Crippen LogP contribution in [-0.4, -0.2) is 35.0 Å². The van der Waals surface area contributed by atoms with Gasteiger partial charge in [0.05, 0.1) is 5.41 Å². The Kier molecular flexibility index (Phi) is 3.72. The van der Waals surface area contributed by atoms with Crippen molar-refractivity contribution >= 4 is 11.9 Å². The summed E-state index contributed by atoms with van der Waals surface area (Å²) in [5.41, 5.74) is -0.734. The molecule has 15 heavy (non-hydrogen) atoms. The third-order valence-electron chi connectivity index (χ3n) is 3.09. The Hall–Kier alpha value is -1.06. The average Bonchev–Trinajstić information content (AvgIpc) is 2.59. The molecule has 1 N–H and O–H groups in total. The molecule has 1 atom stereocenters. The zero-order valence-electron chi connectivity index (χ0n) is 9.45. The van der Waals surface area contributed by atoms with Crippen LogP contribution in [0.2, 0.25) is 0 Å². The van der Waals surface area contributed by atoms with E-state index in [2.05, 4.69) is 0 Å². The Labute approximate surface area is 90.3 Å². The van der Waals surface area contributed by atoms with Crippen molar-refractivity contribution in [3.63, 3.8) is 0 Å². The molecule has 1 aliphatic heterocycles. The molecule has 1 heterocycles. The van der Waals surface area contributed by atoms with E-state index in [9.17, 15) is 9.59 Å². The summed E-state index contributed by atoms with van der Waals surface area (Å²) in [5, 5.41) is 9.01. The number of aliphatic carboxylic acids is 1. The fourth-order valence-corrected chi connectivity index (χ4v) is 1.83. The summed E-state index contributed by atoms with van der Waals surface area (Å²) in [6.07, 6.45) is 3.00. The summed E-state index contributed by atoms with van der Waals surface area (Å²) in [6.45, 7) is 4.71. The van der Waals surface area contributed by atoms with Crippen LogP contribution in [0, 0.1) is 5.41 Å². The van der Waals surface area contributed by atoms with Crippen molar-refractivity contribution in [3.8, 4) is 0 Å². The number of rotatable bonds is 4. The first-order valence-electron chi connectivity index (χ1n) is 5.51. The van der Waals surface area contributed by atoms with Gasteiger partial charge < -0.3 is 10.0 Å². The molecule has 0 aromatic rings. The van der Waals surface area contributed by atoms with Crippen LogP contribution in [0.25, 0.3) is 0 Å². The van der Waals surface area contributed by atoms with Crippen LogP contribution in [-0.2, 0) is 9.59 Å². The molecule has 1 aliphatic rings. The maximum Gasteiger partial charge on any atom is 0.311 e. The standard InChI is InChI=1S/C11H19NO3/c1-3-4-5-9(13)12-7-6-11(2,8-12)10(14)15/h3-8H2,1-2H3,(H,14,15). The molecular weight excluding hydrogens is 194 g/mol. The molecule has 1 fully saturated rings. The van der Waals surface area contributed by atoms with Crippen LogP contribution in [0.4, 0.5) is 0 Å². The number of amides is 1. The molecule has 1 saturated heterocycles. The smallest absolute Gasteiger partial charge is 0.311 e. The van der Waals surface area contributed by atoms with Gasteiger partial charge in [-0.25, -0.2) is 0 Å². The van der Waals surface area contributed by atoms with E-state index < -0.39 is 11.4 Å². The van der Waals surface area contributed by atoms with Gasteiger partial charge in [0, 0.05) is 19.5 Å². The number of carboxylic acid groups (broad SMARTS) is 1. The number of likely N-dealkylation sites (tertiary alicyclic amines) is 1. The molecule has 0 saturated carbocycles. The number of carbonyl (C=O) groups excluding carboxylic acids is 1. The maximum absolute atomic E-state index is 11.6. The minimum atomic E-state index is -0.798. The minimum absolute atomic E-state index is 0.0989. The normalized spacial score (nSPS) is 25.6. The predicted octanol–water partition coefficient (Wildman–Crippen LogP) is 1.50. The van der Waals surface area contributed by atoms with E-state index in [1.165, 1.54) is 0 Å². The quantitative estimate of drug-likeness (QED) is 0.770. The number of carbonyl (C=O) groups is 2.